The third-order valence-electron chi connectivity index (χ3n) is 5.59. The molecule has 6 rings (SSSR count). The number of fused-ring (bicyclic) bond motifs is 3. The summed E-state index contributed by atoms with van der Waals surface area (Å²) in [5.74, 6) is -0.119. The van der Waals surface area contributed by atoms with Crippen molar-refractivity contribution in [2.45, 2.75) is 4.90 Å². The molecule has 0 radical (unpaired) electrons. The van der Waals surface area contributed by atoms with E-state index < -0.39 is 10.0 Å². The zero-order valence-corrected chi connectivity index (χ0v) is 16.4. The number of ketones is 1. The SMILES string of the molecule is O=C1c2ccccc2-c2nn(S(=O)(=O)c3ccc4ccccc4c3)c3cccc1c23. The second-order valence-electron chi connectivity index (χ2n) is 7.28. The Morgan fingerprint density at radius 3 is 2.23 bits per heavy atom. The molecule has 1 aliphatic rings. The second-order valence-corrected chi connectivity index (χ2v) is 9.05. The molecule has 5 aromatic rings. The normalized spacial score (nSPS) is 13.0. The fourth-order valence-electron chi connectivity index (χ4n) is 4.16. The minimum Gasteiger partial charge on any atom is -0.289 e. The minimum atomic E-state index is -3.96. The van der Waals surface area contributed by atoms with Gasteiger partial charge in [-0.25, -0.2) is 0 Å². The van der Waals surface area contributed by atoms with Gasteiger partial charge in [-0.15, -0.1) is 0 Å². The van der Waals surface area contributed by atoms with Crippen LogP contribution in [-0.2, 0) is 10.0 Å². The Morgan fingerprint density at radius 1 is 0.700 bits per heavy atom. The summed E-state index contributed by atoms with van der Waals surface area (Å²) in [6.07, 6.45) is 0. The molecule has 0 bridgehead atoms. The molecule has 0 N–H and O–H groups in total. The van der Waals surface area contributed by atoms with E-state index in [-0.39, 0.29) is 10.7 Å². The van der Waals surface area contributed by atoms with Crippen LogP contribution in [0.25, 0.3) is 32.9 Å². The summed E-state index contributed by atoms with van der Waals surface area (Å²) in [4.78, 5) is 13.1. The van der Waals surface area contributed by atoms with Gasteiger partial charge in [0, 0.05) is 22.1 Å². The van der Waals surface area contributed by atoms with Gasteiger partial charge in [0.25, 0.3) is 10.0 Å². The molecule has 0 atom stereocenters. The summed E-state index contributed by atoms with van der Waals surface area (Å²) in [7, 11) is -3.96. The zero-order chi connectivity index (χ0) is 20.5. The molecule has 30 heavy (non-hydrogen) atoms. The highest BCUT2D eigenvalue weighted by Gasteiger charge is 2.31. The molecular formula is C24H14N2O3S. The molecule has 6 heteroatoms. The minimum absolute atomic E-state index is 0.119. The van der Waals surface area contributed by atoms with Crippen LogP contribution in [0.5, 0.6) is 0 Å². The van der Waals surface area contributed by atoms with Crippen molar-refractivity contribution in [3.05, 3.63) is 96.1 Å². The van der Waals surface area contributed by atoms with Crippen LogP contribution in [-0.4, -0.2) is 23.4 Å². The first-order valence-corrected chi connectivity index (χ1v) is 10.9. The maximum Gasteiger partial charge on any atom is 0.283 e. The first-order chi connectivity index (χ1) is 14.6. The Morgan fingerprint density at radius 2 is 1.40 bits per heavy atom. The third kappa shape index (κ3) is 2.19. The molecule has 144 valence electrons. The van der Waals surface area contributed by atoms with Gasteiger partial charge in [0.1, 0.15) is 5.69 Å². The first kappa shape index (κ1) is 17.1. The monoisotopic (exact) mass is 410 g/mol. The standard InChI is InChI=1S/C24H14N2O3S/c27-24-19-9-4-3-8-18(19)23-22-20(24)10-5-11-21(22)26(25-23)30(28,29)17-13-12-15-6-1-2-7-16(15)14-17/h1-14H. The van der Waals surface area contributed by atoms with Crippen LogP contribution in [0.2, 0.25) is 0 Å². The highest BCUT2D eigenvalue weighted by Crippen LogP contribution is 2.39. The molecule has 0 aliphatic heterocycles. The molecule has 0 unspecified atom stereocenters. The Kier molecular flexibility index (Phi) is 3.35. The van der Waals surface area contributed by atoms with Crippen molar-refractivity contribution in [1.29, 1.82) is 0 Å². The number of hydrogen-bond acceptors (Lipinski definition) is 4. The lowest BCUT2D eigenvalue weighted by Gasteiger charge is -2.13. The van der Waals surface area contributed by atoms with E-state index in [0.29, 0.717) is 33.3 Å². The molecule has 1 heterocycles. The van der Waals surface area contributed by atoms with Gasteiger partial charge in [-0.05, 0) is 29.0 Å². The Hall–Kier alpha value is -3.77. The van der Waals surface area contributed by atoms with E-state index in [1.54, 1.807) is 54.6 Å². The van der Waals surface area contributed by atoms with Crippen LogP contribution in [0.1, 0.15) is 15.9 Å². The summed E-state index contributed by atoms with van der Waals surface area (Å²) in [6, 6.07) is 24.9. The number of hydrogen-bond donors (Lipinski definition) is 0. The molecule has 1 aromatic heterocycles. The van der Waals surface area contributed by atoms with Crippen LogP contribution >= 0.6 is 0 Å². The van der Waals surface area contributed by atoms with Crippen molar-refractivity contribution in [3.63, 3.8) is 0 Å². The topological polar surface area (TPSA) is 69.0 Å². The lowest BCUT2D eigenvalue weighted by atomic mass is 9.87. The molecule has 0 amide bonds. The number of carbonyl (C=O) groups is 1. The molecule has 0 fully saturated rings. The molecule has 4 aromatic carbocycles. The summed E-state index contributed by atoms with van der Waals surface area (Å²) >= 11 is 0. The highest BCUT2D eigenvalue weighted by atomic mass is 32.2. The van der Waals surface area contributed by atoms with Crippen LogP contribution < -0.4 is 0 Å². The predicted molar refractivity (Wildman–Crippen MR) is 115 cm³/mol. The molecule has 0 saturated heterocycles. The van der Waals surface area contributed by atoms with Gasteiger partial charge in [0.15, 0.2) is 5.78 Å². The number of carbonyl (C=O) groups excluding carboxylic acids is 1. The van der Waals surface area contributed by atoms with Crippen molar-refractivity contribution >= 4 is 37.5 Å². The lowest BCUT2D eigenvalue weighted by Crippen LogP contribution is -2.14. The van der Waals surface area contributed by atoms with Crippen molar-refractivity contribution in [2.24, 2.45) is 0 Å². The van der Waals surface area contributed by atoms with Gasteiger partial charge in [-0.2, -0.15) is 17.6 Å². The molecule has 1 aliphatic carbocycles. The van der Waals surface area contributed by atoms with Gasteiger partial charge in [-0.3, -0.25) is 4.79 Å². The van der Waals surface area contributed by atoms with E-state index in [0.717, 1.165) is 14.9 Å². The predicted octanol–water partition coefficient (Wildman–Crippen LogP) is 4.64. The van der Waals surface area contributed by atoms with Crippen LogP contribution in [0.15, 0.2) is 89.8 Å². The smallest absolute Gasteiger partial charge is 0.283 e. The first-order valence-electron chi connectivity index (χ1n) is 9.46. The zero-order valence-electron chi connectivity index (χ0n) is 15.6. The molecular weight excluding hydrogens is 396 g/mol. The van der Waals surface area contributed by atoms with Crippen molar-refractivity contribution in [3.8, 4) is 11.3 Å². The highest BCUT2D eigenvalue weighted by molar-refractivity contribution is 7.90. The molecule has 0 spiro atoms. The van der Waals surface area contributed by atoms with Crippen LogP contribution in [0, 0.1) is 0 Å². The Balaban J connectivity index is 1.66. The largest absolute Gasteiger partial charge is 0.289 e. The van der Waals surface area contributed by atoms with E-state index in [1.807, 2.05) is 30.3 Å². The van der Waals surface area contributed by atoms with E-state index in [2.05, 4.69) is 5.10 Å². The average Bonchev–Trinajstić information content (AvgIpc) is 3.18. The van der Waals surface area contributed by atoms with Gasteiger partial charge in [-0.1, -0.05) is 66.7 Å². The van der Waals surface area contributed by atoms with E-state index in [4.69, 9.17) is 0 Å². The maximum atomic E-state index is 13.6. The van der Waals surface area contributed by atoms with Gasteiger partial charge >= 0.3 is 0 Å². The third-order valence-corrected chi connectivity index (χ3v) is 7.18. The summed E-state index contributed by atoms with van der Waals surface area (Å²) in [5.41, 5.74) is 2.57. The summed E-state index contributed by atoms with van der Waals surface area (Å²) < 4.78 is 28.2. The van der Waals surface area contributed by atoms with Gasteiger partial charge in [0.05, 0.1) is 10.4 Å². The Labute approximate surface area is 172 Å². The Bertz CT molecular complexity index is 1630. The van der Waals surface area contributed by atoms with Crippen molar-refractivity contribution in [2.75, 3.05) is 0 Å². The van der Waals surface area contributed by atoms with Crippen LogP contribution in [0.4, 0.5) is 0 Å². The second kappa shape index (κ2) is 5.87. The fourth-order valence-corrected chi connectivity index (χ4v) is 5.48. The van der Waals surface area contributed by atoms with Gasteiger partial charge < -0.3 is 0 Å². The number of benzene rings is 4. The van der Waals surface area contributed by atoms with E-state index in [9.17, 15) is 13.2 Å². The number of aromatic nitrogens is 2. The molecule has 0 saturated carbocycles. The fraction of sp³-hybridized carbons (Fsp3) is 0. The summed E-state index contributed by atoms with van der Waals surface area (Å²) in [6.45, 7) is 0. The quantitative estimate of drug-likeness (QED) is 0.417. The lowest BCUT2D eigenvalue weighted by molar-refractivity contribution is 0.104. The maximum absolute atomic E-state index is 13.6. The van der Waals surface area contributed by atoms with Crippen molar-refractivity contribution < 1.29 is 13.2 Å². The van der Waals surface area contributed by atoms with E-state index >= 15 is 0 Å². The number of rotatable bonds is 2. The van der Waals surface area contributed by atoms with Gasteiger partial charge in [0.2, 0.25) is 0 Å². The van der Waals surface area contributed by atoms with E-state index in [1.165, 1.54) is 0 Å². The molecule has 5 nitrogen and oxygen atoms in total. The number of nitrogens with zero attached hydrogens (tertiary/aromatic N) is 2. The van der Waals surface area contributed by atoms with Crippen molar-refractivity contribution in [1.82, 2.24) is 9.19 Å². The van der Waals surface area contributed by atoms with Crippen LogP contribution in [0.3, 0.4) is 0 Å². The summed E-state index contributed by atoms with van der Waals surface area (Å²) in [5, 5.41) is 6.87. The average molecular weight is 410 g/mol.